The number of aromatic nitrogens is 1. The zero-order valence-corrected chi connectivity index (χ0v) is 11.5. The molecule has 19 heavy (non-hydrogen) atoms. The molecule has 0 saturated carbocycles. The third-order valence-electron chi connectivity index (χ3n) is 2.55. The maximum atomic E-state index is 11.0. The van der Waals surface area contributed by atoms with Crippen molar-refractivity contribution in [3.05, 3.63) is 40.4 Å². The van der Waals surface area contributed by atoms with Crippen LogP contribution < -0.4 is 5.32 Å². The Labute approximate surface area is 114 Å². The van der Waals surface area contributed by atoms with Crippen LogP contribution in [0.4, 0.5) is 10.8 Å². The van der Waals surface area contributed by atoms with Gasteiger partial charge in [-0.2, -0.15) is 0 Å². The Balaban J connectivity index is 2.26. The minimum Gasteiger partial charge on any atom is -0.477 e. The van der Waals surface area contributed by atoms with Gasteiger partial charge >= 0.3 is 5.97 Å². The molecule has 5 nitrogen and oxygen atoms in total. The molecule has 6 heteroatoms. The van der Waals surface area contributed by atoms with E-state index in [1.807, 2.05) is 24.3 Å². The molecule has 100 valence electrons. The molecule has 2 rings (SSSR count). The van der Waals surface area contributed by atoms with E-state index >= 15 is 0 Å². The summed E-state index contributed by atoms with van der Waals surface area (Å²) in [4.78, 5) is 15.4. The van der Waals surface area contributed by atoms with Crippen molar-refractivity contribution in [2.24, 2.45) is 0 Å². The van der Waals surface area contributed by atoms with E-state index < -0.39 is 5.97 Å². The minimum absolute atomic E-state index is 0.256. The summed E-state index contributed by atoms with van der Waals surface area (Å²) in [6, 6.07) is 7.69. The van der Waals surface area contributed by atoms with Crippen LogP contribution in [0.15, 0.2) is 24.3 Å². The van der Waals surface area contributed by atoms with Crippen LogP contribution >= 0.6 is 11.3 Å². The fourth-order valence-corrected chi connectivity index (χ4v) is 2.50. The summed E-state index contributed by atoms with van der Waals surface area (Å²) < 4.78 is 5.12. The Morgan fingerprint density at radius 1 is 1.47 bits per heavy atom. The number of thiazole rings is 1. The number of benzene rings is 1. The van der Waals surface area contributed by atoms with Crippen LogP contribution in [0.5, 0.6) is 0 Å². The molecule has 1 heterocycles. The first-order chi connectivity index (χ1) is 9.11. The van der Waals surface area contributed by atoms with Crippen LogP contribution in [0.25, 0.3) is 0 Å². The van der Waals surface area contributed by atoms with Crippen LogP contribution in [0.3, 0.4) is 0 Å². The van der Waals surface area contributed by atoms with E-state index in [1.54, 1.807) is 14.0 Å². The fraction of sp³-hybridized carbons (Fsp3) is 0.231. The molecule has 1 aromatic heterocycles. The number of carbonyl (C=O) groups is 1. The molecule has 0 fully saturated rings. The molecule has 2 N–H and O–H groups in total. The van der Waals surface area contributed by atoms with Crippen molar-refractivity contribution in [3.63, 3.8) is 0 Å². The van der Waals surface area contributed by atoms with Crippen molar-refractivity contribution in [1.82, 2.24) is 4.98 Å². The quantitative estimate of drug-likeness (QED) is 0.879. The number of para-hydroxylation sites is 1. The number of rotatable bonds is 5. The number of ether oxygens (including phenoxy) is 1. The van der Waals surface area contributed by atoms with Crippen molar-refractivity contribution in [1.29, 1.82) is 0 Å². The Bertz CT molecular complexity index is 595. The van der Waals surface area contributed by atoms with Gasteiger partial charge in [-0.3, -0.25) is 0 Å². The summed E-state index contributed by atoms with van der Waals surface area (Å²) in [6.07, 6.45) is 0. The van der Waals surface area contributed by atoms with Gasteiger partial charge in [-0.25, -0.2) is 9.78 Å². The van der Waals surface area contributed by atoms with Crippen LogP contribution in [-0.4, -0.2) is 23.2 Å². The lowest BCUT2D eigenvalue weighted by molar-refractivity contribution is 0.0701. The zero-order valence-electron chi connectivity index (χ0n) is 10.6. The standard InChI is InChI=1S/C13H14N2O3S/c1-8-11(12(16)17)19-13(14-8)15-10-6-4-3-5-9(10)7-18-2/h3-6H,7H2,1-2H3,(H,14,15)(H,16,17). The topological polar surface area (TPSA) is 71.5 Å². The lowest BCUT2D eigenvalue weighted by Crippen LogP contribution is -1.96. The van der Waals surface area contributed by atoms with Crippen molar-refractivity contribution in [2.45, 2.75) is 13.5 Å². The largest absolute Gasteiger partial charge is 0.477 e. The Morgan fingerprint density at radius 3 is 2.84 bits per heavy atom. The Morgan fingerprint density at radius 2 is 2.21 bits per heavy atom. The fourth-order valence-electron chi connectivity index (χ4n) is 1.69. The van der Waals surface area contributed by atoms with Crippen molar-refractivity contribution in [2.75, 3.05) is 12.4 Å². The number of carboxylic acid groups (broad SMARTS) is 1. The van der Waals surface area contributed by atoms with E-state index in [2.05, 4.69) is 10.3 Å². The van der Waals surface area contributed by atoms with Crippen LogP contribution in [-0.2, 0) is 11.3 Å². The van der Waals surface area contributed by atoms with Gasteiger partial charge in [0.15, 0.2) is 5.13 Å². The molecule has 0 aliphatic heterocycles. The molecule has 2 aromatic rings. The van der Waals surface area contributed by atoms with Gasteiger partial charge in [0.1, 0.15) is 4.88 Å². The molecule has 0 bridgehead atoms. The second-order valence-corrected chi connectivity index (χ2v) is 4.95. The van der Waals surface area contributed by atoms with Crippen molar-refractivity contribution < 1.29 is 14.6 Å². The zero-order chi connectivity index (χ0) is 13.8. The average molecular weight is 278 g/mol. The number of hydrogen-bond acceptors (Lipinski definition) is 5. The highest BCUT2D eigenvalue weighted by Crippen LogP contribution is 2.27. The predicted octanol–water partition coefficient (Wildman–Crippen LogP) is 3.04. The first-order valence-electron chi connectivity index (χ1n) is 5.66. The van der Waals surface area contributed by atoms with Gasteiger partial charge in [-0.05, 0) is 13.0 Å². The van der Waals surface area contributed by atoms with E-state index in [1.165, 1.54) is 0 Å². The van der Waals surface area contributed by atoms with E-state index in [-0.39, 0.29) is 4.88 Å². The molecule has 0 unspecified atom stereocenters. The second-order valence-electron chi connectivity index (χ2n) is 3.95. The van der Waals surface area contributed by atoms with Crippen molar-refractivity contribution in [3.8, 4) is 0 Å². The number of methoxy groups -OCH3 is 1. The second kappa shape index (κ2) is 5.81. The van der Waals surface area contributed by atoms with Crippen LogP contribution in [0.1, 0.15) is 20.9 Å². The summed E-state index contributed by atoms with van der Waals surface area (Å²) in [5, 5.41) is 12.7. The number of hydrogen-bond donors (Lipinski definition) is 2. The lowest BCUT2D eigenvalue weighted by Gasteiger charge is -2.08. The van der Waals surface area contributed by atoms with E-state index in [4.69, 9.17) is 9.84 Å². The van der Waals surface area contributed by atoms with Gasteiger partial charge in [-0.1, -0.05) is 29.5 Å². The SMILES string of the molecule is COCc1ccccc1Nc1nc(C)c(C(=O)O)s1. The average Bonchev–Trinajstić information content (AvgIpc) is 2.73. The van der Waals surface area contributed by atoms with Gasteiger partial charge in [0, 0.05) is 18.4 Å². The predicted molar refractivity (Wildman–Crippen MR) is 74.2 cm³/mol. The van der Waals surface area contributed by atoms with Gasteiger partial charge in [0.25, 0.3) is 0 Å². The minimum atomic E-state index is -0.951. The van der Waals surface area contributed by atoms with Gasteiger partial charge in [-0.15, -0.1) is 0 Å². The lowest BCUT2D eigenvalue weighted by atomic mass is 10.2. The number of nitrogens with zero attached hydrogens (tertiary/aromatic N) is 1. The summed E-state index contributed by atoms with van der Waals surface area (Å²) >= 11 is 1.13. The van der Waals surface area contributed by atoms with Crippen LogP contribution in [0.2, 0.25) is 0 Å². The third-order valence-corrected chi connectivity index (χ3v) is 3.61. The first kappa shape index (κ1) is 13.5. The molecular formula is C13H14N2O3S. The summed E-state index contributed by atoms with van der Waals surface area (Å²) in [5.74, 6) is -0.951. The molecule has 0 aliphatic carbocycles. The number of aromatic carboxylic acids is 1. The molecule has 0 spiro atoms. The Hall–Kier alpha value is -1.92. The first-order valence-corrected chi connectivity index (χ1v) is 6.48. The normalized spacial score (nSPS) is 10.4. The molecule has 0 atom stereocenters. The summed E-state index contributed by atoms with van der Waals surface area (Å²) in [6.45, 7) is 2.17. The molecular weight excluding hydrogens is 264 g/mol. The van der Waals surface area contributed by atoms with Crippen molar-refractivity contribution >= 4 is 28.1 Å². The number of anilines is 2. The molecule has 0 aliphatic rings. The number of carboxylic acids is 1. The van der Waals surface area contributed by atoms with Gasteiger partial charge in [0.2, 0.25) is 0 Å². The molecule has 0 amide bonds. The molecule has 0 saturated heterocycles. The highest BCUT2D eigenvalue weighted by atomic mass is 32.1. The number of aryl methyl sites for hydroxylation is 1. The monoisotopic (exact) mass is 278 g/mol. The van der Waals surface area contributed by atoms with Gasteiger partial charge in [0.05, 0.1) is 12.3 Å². The molecule has 1 aromatic carbocycles. The summed E-state index contributed by atoms with van der Waals surface area (Å²) in [5.41, 5.74) is 2.38. The number of nitrogens with one attached hydrogen (secondary N) is 1. The smallest absolute Gasteiger partial charge is 0.347 e. The highest BCUT2D eigenvalue weighted by Gasteiger charge is 2.14. The summed E-state index contributed by atoms with van der Waals surface area (Å²) in [7, 11) is 1.63. The maximum absolute atomic E-state index is 11.0. The van der Waals surface area contributed by atoms with E-state index in [0.717, 1.165) is 22.6 Å². The third kappa shape index (κ3) is 3.10. The van der Waals surface area contributed by atoms with E-state index in [0.29, 0.717) is 17.4 Å². The van der Waals surface area contributed by atoms with Gasteiger partial charge < -0.3 is 15.2 Å². The molecule has 0 radical (unpaired) electrons. The highest BCUT2D eigenvalue weighted by molar-refractivity contribution is 7.17. The van der Waals surface area contributed by atoms with E-state index in [9.17, 15) is 4.79 Å². The maximum Gasteiger partial charge on any atom is 0.347 e. The Kier molecular flexibility index (Phi) is 4.13. The van der Waals surface area contributed by atoms with Crippen LogP contribution in [0, 0.1) is 6.92 Å².